The molecule has 1 aromatic rings. The average Bonchev–Trinajstić information content (AvgIpc) is 2.79. The standard InChI is InChI=1S/C18H30N4O2/c1-13-11-15(14(2)20(13)6)16(23)21-7-9-22(10-8-21)17(24)19-12-18(3,4)5/h11H,7-10,12H2,1-6H3,(H,19,24). The summed E-state index contributed by atoms with van der Waals surface area (Å²) in [6.45, 7) is 13.2. The summed E-state index contributed by atoms with van der Waals surface area (Å²) in [6, 6.07) is 1.91. The number of aromatic nitrogens is 1. The van der Waals surface area contributed by atoms with Gasteiger partial charge in [-0.15, -0.1) is 0 Å². The Kier molecular flexibility index (Phi) is 5.26. The third-order valence-electron chi connectivity index (χ3n) is 4.63. The zero-order valence-electron chi connectivity index (χ0n) is 15.8. The molecule has 1 N–H and O–H groups in total. The minimum Gasteiger partial charge on any atom is -0.351 e. The summed E-state index contributed by atoms with van der Waals surface area (Å²) in [4.78, 5) is 28.5. The van der Waals surface area contributed by atoms with Crippen LogP contribution in [0.5, 0.6) is 0 Å². The molecule has 134 valence electrons. The number of piperazine rings is 1. The predicted molar refractivity (Wildman–Crippen MR) is 95.2 cm³/mol. The highest BCUT2D eigenvalue weighted by Crippen LogP contribution is 2.17. The van der Waals surface area contributed by atoms with Crippen LogP contribution in [-0.2, 0) is 7.05 Å². The Morgan fingerprint density at radius 2 is 1.62 bits per heavy atom. The zero-order chi connectivity index (χ0) is 18.1. The van der Waals surface area contributed by atoms with Crippen molar-refractivity contribution in [1.82, 2.24) is 19.7 Å². The molecule has 0 spiro atoms. The fourth-order valence-corrected chi connectivity index (χ4v) is 2.81. The summed E-state index contributed by atoms with van der Waals surface area (Å²) < 4.78 is 2.03. The Bertz CT molecular complexity index is 620. The third-order valence-corrected chi connectivity index (χ3v) is 4.63. The predicted octanol–water partition coefficient (Wildman–Crippen LogP) is 2.16. The van der Waals surface area contributed by atoms with Crippen LogP contribution in [0.25, 0.3) is 0 Å². The molecule has 6 nitrogen and oxygen atoms in total. The number of nitrogens with one attached hydrogen (secondary N) is 1. The molecule has 3 amide bonds. The molecule has 24 heavy (non-hydrogen) atoms. The molecule has 6 heteroatoms. The highest BCUT2D eigenvalue weighted by atomic mass is 16.2. The summed E-state index contributed by atoms with van der Waals surface area (Å²) in [7, 11) is 1.97. The molecule has 0 radical (unpaired) electrons. The van der Waals surface area contributed by atoms with Crippen molar-refractivity contribution >= 4 is 11.9 Å². The Morgan fingerprint density at radius 1 is 1.08 bits per heavy atom. The van der Waals surface area contributed by atoms with E-state index in [-0.39, 0.29) is 17.4 Å². The Morgan fingerprint density at radius 3 is 2.08 bits per heavy atom. The molecule has 1 aromatic heterocycles. The second kappa shape index (κ2) is 6.87. The number of rotatable bonds is 2. The van der Waals surface area contributed by atoms with Crippen LogP contribution in [0.4, 0.5) is 4.79 Å². The number of hydrogen-bond donors (Lipinski definition) is 1. The van der Waals surface area contributed by atoms with Crippen LogP contribution in [0.15, 0.2) is 6.07 Å². The van der Waals surface area contributed by atoms with Crippen molar-refractivity contribution in [2.75, 3.05) is 32.7 Å². The van der Waals surface area contributed by atoms with Crippen LogP contribution in [0, 0.1) is 19.3 Å². The first-order chi connectivity index (χ1) is 11.1. The fourth-order valence-electron chi connectivity index (χ4n) is 2.81. The first-order valence-corrected chi connectivity index (χ1v) is 8.55. The number of nitrogens with zero attached hydrogens (tertiary/aromatic N) is 3. The first kappa shape index (κ1) is 18.4. The average molecular weight is 334 g/mol. The summed E-state index contributed by atoms with van der Waals surface area (Å²) in [6.07, 6.45) is 0. The molecular weight excluding hydrogens is 304 g/mol. The molecule has 0 aromatic carbocycles. The smallest absolute Gasteiger partial charge is 0.317 e. The van der Waals surface area contributed by atoms with Crippen molar-refractivity contribution in [1.29, 1.82) is 0 Å². The highest BCUT2D eigenvalue weighted by Gasteiger charge is 2.27. The molecule has 1 aliphatic heterocycles. The van der Waals surface area contributed by atoms with E-state index in [9.17, 15) is 9.59 Å². The summed E-state index contributed by atoms with van der Waals surface area (Å²) in [5, 5.41) is 2.97. The largest absolute Gasteiger partial charge is 0.351 e. The molecule has 0 unspecified atom stereocenters. The monoisotopic (exact) mass is 334 g/mol. The van der Waals surface area contributed by atoms with Crippen LogP contribution < -0.4 is 5.32 Å². The minimum atomic E-state index is -0.0382. The van der Waals surface area contributed by atoms with Crippen LogP contribution in [0.1, 0.15) is 42.5 Å². The maximum Gasteiger partial charge on any atom is 0.317 e. The van der Waals surface area contributed by atoms with E-state index in [1.807, 2.05) is 36.4 Å². The Balaban J connectivity index is 1.91. The topological polar surface area (TPSA) is 57.6 Å². The van der Waals surface area contributed by atoms with Gasteiger partial charge in [-0.05, 0) is 25.3 Å². The molecule has 2 rings (SSSR count). The Hall–Kier alpha value is -1.98. The number of aryl methyl sites for hydroxylation is 1. The summed E-state index contributed by atoms with van der Waals surface area (Å²) >= 11 is 0. The van der Waals surface area contributed by atoms with Crippen LogP contribution >= 0.6 is 0 Å². The van der Waals surface area contributed by atoms with E-state index in [1.54, 1.807) is 4.90 Å². The number of amides is 3. The Labute approximate surface area is 144 Å². The number of hydrogen-bond acceptors (Lipinski definition) is 2. The fraction of sp³-hybridized carbons (Fsp3) is 0.667. The number of carbonyl (C=O) groups is 2. The van der Waals surface area contributed by atoms with Gasteiger partial charge in [0.05, 0.1) is 5.56 Å². The van der Waals surface area contributed by atoms with Crippen molar-refractivity contribution in [3.05, 3.63) is 23.0 Å². The van der Waals surface area contributed by atoms with Gasteiger partial charge < -0.3 is 19.7 Å². The van der Waals surface area contributed by atoms with Gasteiger partial charge in [-0.25, -0.2) is 4.79 Å². The molecule has 1 fully saturated rings. The summed E-state index contributed by atoms with van der Waals surface area (Å²) in [5.74, 6) is 0.0611. The van der Waals surface area contributed by atoms with Gasteiger partial charge in [0.25, 0.3) is 5.91 Å². The third kappa shape index (κ3) is 4.10. The van der Waals surface area contributed by atoms with Crippen LogP contribution in [0.2, 0.25) is 0 Å². The highest BCUT2D eigenvalue weighted by molar-refractivity contribution is 5.96. The second-order valence-corrected chi connectivity index (χ2v) is 7.84. The van der Waals surface area contributed by atoms with E-state index in [0.29, 0.717) is 32.7 Å². The molecule has 0 atom stereocenters. The lowest BCUT2D eigenvalue weighted by Gasteiger charge is -2.35. The van der Waals surface area contributed by atoms with E-state index in [1.165, 1.54) is 0 Å². The van der Waals surface area contributed by atoms with Gasteiger partial charge >= 0.3 is 6.03 Å². The van der Waals surface area contributed by atoms with Gasteiger partial charge in [-0.2, -0.15) is 0 Å². The van der Waals surface area contributed by atoms with E-state index in [2.05, 4.69) is 26.1 Å². The van der Waals surface area contributed by atoms with Gasteiger partial charge in [0, 0.05) is 51.2 Å². The molecule has 0 bridgehead atoms. The van der Waals surface area contributed by atoms with E-state index < -0.39 is 0 Å². The SMILES string of the molecule is Cc1cc(C(=O)N2CCN(C(=O)NCC(C)(C)C)CC2)c(C)n1C. The molecule has 2 heterocycles. The van der Waals surface area contributed by atoms with Crippen molar-refractivity contribution in [2.24, 2.45) is 12.5 Å². The van der Waals surface area contributed by atoms with Gasteiger partial charge in [-0.1, -0.05) is 20.8 Å². The van der Waals surface area contributed by atoms with Crippen LogP contribution in [0.3, 0.4) is 0 Å². The lowest BCUT2D eigenvalue weighted by molar-refractivity contribution is 0.0663. The first-order valence-electron chi connectivity index (χ1n) is 8.55. The van der Waals surface area contributed by atoms with Crippen molar-refractivity contribution in [3.8, 4) is 0 Å². The normalized spacial score (nSPS) is 15.6. The lowest BCUT2D eigenvalue weighted by Crippen LogP contribution is -2.53. The number of carbonyl (C=O) groups excluding carboxylic acids is 2. The van der Waals surface area contributed by atoms with E-state index in [0.717, 1.165) is 17.0 Å². The van der Waals surface area contributed by atoms with E-state index >= 15 is 0 Å². The molecule has 1 aliphatic rings. The zero-order valence-corrected chi connectivity index (χ0v) is 15.8. The summed E-state index contributed by atoms with van der Waals surface area (Å²) in [5.41, 5.74) is 2.90. The van der Waals surface area contributed by atoms with Gasteiger partial charge in [0.15, 0.2) is 0 Å². The number of urea groups is 1. The lowest BCUT2D eigenvalue weighted by atomic mass is 9.97. The molecule has 0 saturated carbocycles. The maximum absolute atomic E-state index is 12.7. The molecule has 0 aliphatic carbocycles. The molecular formula is C18H30N4O2. The van der Waals surface area contributed by atoms with E-state index in [4.69, 9.17) is 0 Å². The van der Waals surface area contributed by atoms with Gasteiger partial charge in [0.1, 0.15) is 0 Å². The quantitative estimate of drug-likeness (QED) is 0.901. The minimum absolute atomic E-state index is 0.0382. The van der Waals surface area contributed by atoms with Gasteiger partial charge in [0.2, 0.25) is 0 Å². The molecule has 1 saturated heterocycles. The van der Waals surface area contributed by atoms with Crippen molar-refractivity contribution in [3.63, 3.8) is 0 Å². The van der Waals surface area contributed by atoms with Crippen molar-refractivity contribution in [2.45, 2.75) is 34.6 Å². The second-order valence-electron chi connectivity index (χ2n) is 7.84. The van der Waals surface area contributed by atoms with Crippen LogP contribution in [-0.4, -0.2) is 59.0 Å². The van der Waals surface area contributed by atoms with Crippen molar-refractivity contribution < 1.29 is 9.59 Å². The maximum atomic E-state index is 12.7. The van der Waals surface area contributed by atoms with Gasteiger partial charge in [-0.3, -0.25) is 4.79 Å².